The summed E-state index contributed by atoms with van der Waals surface area (Å²) in [6.45, 7) is 0.185. The molecule has 1 N–H and O–H groups in total. The molecule has 2 amide bonds. The van der Waals surface area contributed by atoms with Crippen LogP contribution in [0.3, 0.4) is 0 Å². The van der Waals surface area contributed by atoms with E-state index >= 15 is 0 Å². The first kappa shape index (κ1) is 23.6. The first-order chi connectivity index (χ1) is 16.3. The standard InChI is InChI=1S/C23H18N4O4S3/c1-2-12-27-18-10-6-7-11-19(18)33-23(27)26-21(29)15-34(30,31)14-20(28)25-22-24-17(13-32-22)16-8-4-3-5-9-16/h1,3-11,13H,12,14-15H2,(H,24,25,28). The summed E-state index contributed by atoms with van der Waals surface area (Å²) in [4.78, 5) is 33.3. The number of fused-ring (bicyclic) bond motifs is 1. The molecule has 0 fully saturated rings. The van der Waals surface area contributed by atoms with Gasteiger partial charge in [0, 0.05) is 10.9 Å². The Bertz CT molecular complexity index is 1580. The van der Waals surface area contributed by atoms with Crippen molar-refractivity contribution in [2.75, 3.05) is 16.8 Å². The van der Waals surface area contributed by atoms with E-state index in [1.54, 1.807) is 9.95 Å². The van der Waals surface area contributed by atoms with E-state index in [1.807, 2.05) is 54.6 Å². The summed E-state index contributed by atoms with van der Waals surface area (Å²) < 4.78 is 27.4. The van der Waals surface area contributed by atoms with Crippen LogP contribution in [0.2, 0.25) is 0 Å². The molecule has 0 radical (unpaired) electrons. The molecule has 0 aliphatic heterocycles. The van der Waals surface area contributed by atoms with Gasteiger partial charge in [-0.15, -0.1) is 17.8 Å². The number of terminal acetylenes is 1. The monoisotopic (exact) mass is 510 g/mol. The average molecular weight is 511 g/mol. The number of hydrogen-bond donors (Lipinski definition) is 1. The zero-order chi connectivity index (χ0) is 24.1. The SMILES string of the molecule is C#CCn1c(=NC(=O)CS(=O)(=O)CC(=O)Nc2nc(-c3ccccc3)cs2)sc2ccccc21. The van der Waals surface area contributed by atoms with Crippen LogP contribution >= 0.6 is 22.7 Å². The molecule has 4 rings (SSSR count). The number of para-hydroxylation sites is 1. The summed E-state index contributed by atoms with van der Waals surface area (Å²) in [5.41, 5.74) is 2.35. The zero-order valence-corrected chi connectivity index (χ0v) is 20.1. The normalized spacial score (nSPS) is 11.9. The summed E-state index contributed by atoms with van der Waals surface area (Å²) in [5, 5.41) is 4.51. The van der Waals surface area contributed by atoms with Gasteiger partial charge < -0.3 is 9.88 Å². The van der Waals surface area contributed by atoms with Crippen molar-refractivity contribution in [2.24, 2.45) is 4.99 Å². The Labute approximate surface area is 203 Å². The molecule has 11 heteroatoms. The molecule has 0 atom stereocenters. The maximum atomic E-state index is 12.4. The number of benzene rings is 2. The van der Waals surface area contributed by atoms with Crippen LogP contribution in [0, 0.1) is 12.3 Å². The maximum Gasteiger partial charge on any atom is 0.263 e. The van der Waals surface area contributed by atoms with Gasteiger partial charge in [0.25, 0.3) is 5.91 Å². The fourth-order valence-electron chi connectivity index (χ4n) is 3.16. The van der Waals surface area contributed by atoms with E-state index in [4.69, 9.17) is 6.42 Å². The molecular formula is C23H18N4O4S3. The highest BCUT2D eigenvalue weighted by atomic mass is 32.2. The predicted octanol–water partition coefficient (Wildman–Crippen LogP) is 2.94. The molecule has 0 aliphatic carbocycles. The van der Waals surface area contributed by atoms with Gasteiger partial charge in [-0.05, 0) is 12.1 Å². The molecule has 172 valence electrons. The largest absolute Gasteiger partial charge is 0.305 e. The smallest absolute Gasteiger partial charge is 0.263 e. The number of thiazole rings is 2. The number of hydrogen-bond acceptors (Lipinski definition) is 7. The summed E-state index contributed by atoms with van der Waals surface area (Å²) in [7, 11) is -4.04. The minimum absolute atomic E-state index is 0.185. The molecule has 0 unspecified atom stereocenters. The number of amides is 2. The number of carbonyl (C=O) groups excluding carboxylic acids is 2. The first-order valence-corrected chi connectivity index (χ1v) is 13.5. The van der Waals surface area contributed by atoms with Crippen LogP contribution in [-0.4, -0.2) is 41.3 Å². The Morgan fingerprint density at radius 3 is 2.59 bits per heavy atom. The molecule has 0 saturated carbocycles. The van der Waals surface area contributed by atoms with Crippen molar-refractivity contribution in [2.45, 2.75) is 6.54 Å². The van der Waals surface area contributed by atoms with Crippen LogP contribution < -0.4 is 10.1 Å². The Hall–Kier alpha value is -3.59. The van der Waals surface area contributed by atoms with E-state index in [-0.39, 0.29) is 11.7 Å². The van der Waals surface area contributed by atoms with Gasteiger partial charge in [-0.1, -0.05) is 59.7 Å². The summed E-state index contributed by atoms with van der Waals surface area (Å²) in [5.74, 6) is -0.881. The van der Waals surface area contributed by atoms with E-state index in [2.05, 4.69) is 21.2 Å². The molecule has 8 nitrogen and oxygen atoms in total. The number of sulfone groups is 1. The van der Waals surface area contributed by atoms with E-state index in [0.29, 0.717) is 10.5 Å². The van der Waals surface area contributed by atoms with E-state index in [9.17, 15) is 18.0 Å². The highest BCUT2D eigenvalue weighted by Gasteiger charge is 2.22. The maximum absolute atomic E-state index is 12.4. The van der Waals surface area contributed by atoms with Gasteiger partial charge >= 0.3 is 0 Å². The van der Waals surface area contributed by atoms with Crippen molar-refractivity contribution in [3.8, 4) is 23.6 Å². The highest BCUT2D eigenvalue weighted by Crippen LogP contribution is 2.24. The minimum Gasteiger partial charge on any atom is -0.305 e. The number of anilines is 1. The van der Waals surface area contributed by atoms with Gasteiger partial charge in [0.05, 0.1) is 22.5 Å². The van der Waals surface area contributed by atoms with Gasteiger partial charge in [-0.3, -0.25) is 9.59 Å². The summed E-state index contributed by atoms with van der Waals surface area (Å²) in [6, 6.07) is 16.8. The van der Waals surface area contributed by atoms with Gasteiger partial charge in [-0.2, -0.15) is 4.99 Å². The Morgan fingerprint density at radius 1 is 1.09 bits per heavy atom. The molecule has 2 aromatic heterocycles. The fraction of sp³-hybridized carbons (Fsp3) is 0.130. The number of aromatic nitrogens is 2. The molecule has 2 aromatic carbocycles. The Kier molecular flexibility index (Phi) is 7.02. The summed E-state index contributed by atoms with van der Waals surface area (Å²) in [6.07, 6.45) is 5.43. The first-order valence-electron chi connectivity index (χ1n) is 9.95. The molecule has 34 heavy (non-hydrogen) atoms. The second-order valence-electron chi connectivity index (χ2n) is 7.13. The lowest BCUT2D eigenvalue weighted by molar-refractivity contribution is -0.115. The van der Waals surface area contributed by atoms with Gasteiger partial charge in [0.1, 0.15) is 11.5 Å². The van der Waals surface area contributed by atoms with Crippen LogP contribution in [0.15, 0.2) is 65.0 Å². The van der Waals surface area contributed by atoms with Crippen molar-refractivity contribution in [3.63, 3.8) is 0 Å². The lowest BCUT2D eigenvalue weighted by Crippen LogP contribution is -2.28. The van der Waals surface area contributed by atoms with Crippen LogP contribution in [-0.2, 0) is 26.0 Å². The van der Waals surface area contributed by atoms with Crippen molar-refractivity contribution >= 4 is 59.7 Å². The quantitative estimate of drug-likeness (QED) is 0.385. The van der Waals surface area contributed by atoms with Gasteiger partial charge in [0.15, 0.2) is 19.8 Å². The number of carbonyl (C=O) groups is 2. The minimum atomic E-state index is -4.04. The number of nitrogens with zero attached hydrogens (tertiary/aromatic N) is 3. The molecule has 0 saturated heterocycles. The van der Waals surface area contributed by atoms with E-state index in [0.717, 1.165) is 15.8 Å². The van der Waals surface area contributed by atoms with Crippen LogP contribution in [0.4, 0.5) is 5.13 Å². The van der Waals surface area contributed by atoms with E-state index in [1.165, 1.54) is 22.7 Å². The molecular weight excluding hydrogens is 492 g/mol. The van der Waals surface area contributed by atoms with Gasteiger partial charge in [0.2, 0.25) is 5.91 Å². The van der Waals surface area contributed by atoms with E-state index < -0.39 is 33.2 Å². The fourth-order valence-corrected chi connectivity index (χ4v) is 5.95. The molecule has 2 heterocycles. The number of nitrogens with one attached hydrogen (secondary N) is 1. The topological polar surface area (TPSA) is 110 Å². The third kappa shape index (κ3) is 5.66. The van der Waals surface area contributed by atoms with Crippen molar-refractivity contribution in [1.29, 1.82) is 0 Å². The highest BCUT2D eigenvalue weighted by molar-refractivity contribution is 7.92. The van der Waals surface area contributed by atoms with Crippen molar-refractivity contribution in [1.82, 2.24) is 9.55 Å². The molecule has 0 spiro atoms. The second kappa shape index (κ2) is 10.1. The number of rotatable bonds is 7. The lowest BCUT2D eigenvalue weighted by atomic mass is 10.2. The molecule has 0 aliphatic rings. The van der Waals surface area contributed by atoms with Crippen molar-refractivity contribution < 1.29 is 18.0 Å². The lowest BCUT2D eigenvalue weighted by Gasteiger charge is -2.03. The molecule has 0 bridgehead atoms. The Balaban J connectivity index is 1.43. The third-order valence-electron chi connectivity index (χ3n) is 4.57. The molecule has 4 aromatic rings. The zero-order valence-electron chi connectivity index (χ0n) is 17.7. The summed E-state index contributed by atoms with van der Waals surface area (Å²) >= 11 is 2.41. The van der Waals surface area contributed by atoms with Gasteiger partial charge in [-0.25, -0.2) is 13.4 Å². The second-order valence-corrected chi connectivity index (χ2v) is 11.1. The average Bonchev–Trinajstić information content (AvgIpc) is 3.38. The van der Waals surface area contributed by atoms with Crippen LogP contribution in [0.1, 0.15) is 0 Å². The van der Waals surface area contributed by atoms with Crippen LogP contribution in [0.25, 0.3) is 21.5 Å². The van der Waals surface area contributed by atoms with Crippen LogP contribution in [0.5, 0.6) is 0 Å². The van der Waals surface area contributed by atoms with Crippen molar-refractivity contribution in [3.05, 3.63) is 64.8 Å². The third-order valence-corrected chi connectivity index (χ3v) is 7.78. The predicted molar refractivity (Wildman–Crippen MR) is 134 cm³/mol. The Morgan fingerprint density at radius 2 is 1.82 bits per heavy atom.